The summed E-state index contributed by atoms with van der Waals surface area (Å²) < 4.78 is 46.4. The van der Waals surface area contributed by atoms with Gasteiger partial charge in [-0.3, -0.25) is 9.59 Å². The molecule has 0 radical (unpaired) electrons. The lowest BCUT2D eigenvalue weighted by atomic mass is 10.0. The minimum Gasteiger partial charge on any atom is -0.494 e. The van der Waals surface area contributed by atoms with Crippen LogP contribution in [0.2, 0.25) is 0 Å². The molecule has 5 rings (SSSR count). The number of carbonyl (C=O) groups excluding carboxylic acids is 1. The number of halogens is 3. The molecular formula is C26H23F3N2O4. The first kappa shape index (κ1) is 23.1. The molecular weight excluding hydrogens is 461 g/mol. The van der Waals surface area contributed by atoms with Crippen molar-refractivity contribution in [1.29, 1.82) is 0 Å². The van der Waals surface area contributed by atoms with Crippen LogP contribution in [-0.4, -0.2) is 35.5 Å². The highest BCUT2D eigenvalue weighted by molar-refractivity contribution is 6.03. The second-order valence-corrected chi connectivity index (χ2v) is 9.13. The van der Waals surface area contributed by atoms with E-state index in [1.54, 1.807) is 24.3 Å². The number of ketones is 1. The molecule has 9 heteroatoms. The number of aromatic nitrogens is 1. The van der Waals surface area contributed by atoms with Gasteiger partial charge in [-0.05, 0) is 42.7 Å². The van der Waals surface area contributed by atoms with Gasteiger partial charge in [-0.25, -0.2) is 4.98 Å². The number of methoxy groups -OCH3 is 1. The van der Waals surface area contributed by atoms with Crippen molar-refractivity contribution in [2.75, 3.05) is 18.6 Å². The van der Waals surface area contributed by atoms with Crippen LogP contribution in [0.1, 0.15) is 35.3 Å². The van der Waals surface area contributed by atoms with Gasteiger partial charge in [-0.2, -0.15) is 13.2 Å². The first-order valence-corrected chi connectivity index (χ1v) is 11.4. The smallest absolute Gasteiger partial charge is 0.417 e. The van der Waals surface area contributed by atoms with E-state index >= 15 is 0 Å². The highest BCUT2D eigenvalue weighted by Gasteiger charge is 2.49. The van der Waals surface area contributed by atoms with Crippen molar-refractivity contribution in [3.63, 3.8) is 0 Å². The Morgan fingerprint density at radius 1 is 1.11 bits per heavy atom. The summed E-state index contributed by atoms with van der Waals surface area (Å²) in [5.41, 5.74) is 0.559. The van der Waals surface area contributed by atoms with E-state index < -0.39 is 29.5 Å². The molecule has 0 bridgehead atoms. The second-order valence-electron chi connectivity index (χ2n) is 9.13. The Kier molecular flexibility index (Phi) is 5.65. The number of hydrogen-bond acceptors (Lipinski definition) is 5. The van der Waals surface area contributed by atoms with Crippen LogP contribution < -0.4 is 9.64 Å². The maximum absolute atomic E-state index is 13.7. The van der Waals surface area contributed by atoms with Crippen LogP contribution in [0.15, 0.2) is 48.7 Å². The molecule has 2 unspecified atom stereocenters. The van der Waals surface area contributed by atoms with E-state index in [1.165, 1.54) is 25.4 Å². The Balaban J connectivity index is 1.57. The van der Waals surface area contributed by atoms with Crippen molar-refractivity contribution < 1.29 is 32.6 Å². The normalized spacial score (nSPS) is 19.4. The Morgan fingerprint density at radius 3 is 2.43 bits per heavy atom. The minimum atomic E-state index is -4.48. The first-order valence-electron chi connectivity index (χ1n) is 11.4. The molecule has 2 fully saturated rings. The van der Waals surface area contributed by atoms with Crippen LogP contribution in [0.4, 0.5) is 24.5 Å². The fourth-order valence-corrected chi connectivity index (χ4v) is 4.52. The molecule has 35 heavy (non-hydrogen) atoms. The summed E-state index contributed by atoms with van der Waals surface area (Å²) in [6.45, 7) is 0.581. The van der Waals surface area contributed by atoms with E-state index in [0.29, 0.717) is 29.2 Å². The maximum Gasteiger partial charge on any atom is 0.417 e. The molecule has 2 aromatic carbocycles. The number of ether oxygens (including phenoxy) is 1. The van der Waals surface area contributed by atoms with Crippen molar-refractivity contribution in [1.82, 2.24) is 4.98 Å². The average molecular weight is 484 g/mol. The Bertz CT molecular complexity index is 1320. The fourth-order valence-electron chi connectivity index (χ4n) is 4.52. The lowest BCUT2D eigenvalue weighted by Crippen LogP contribution is -2.21. The van der Waals surface area contributed by atoms with E-state index in [-0.39, 0.29) is 29.0 Å². The van der Waals surface area contributed by atoms with Crippen molar-refractivity contribution in [3.05, 3.63) is 59.9 Å². The molecule has 1 heterocycles. The number of aliphatic carboxylic acids is 1. The molecule has 2 atom stereocenters. The summed E-state index contributed by atoms with van der Waals surface area (Å²) in [6, 6.07) is 10.6. The number of rotatable bonds is 8. The number of nitrogens with zero attached hydrogens (tertiary/aromatic N) is 2. The van der Waals surface area contributed by atoms with Crippen molar-refractivity contribution in [2.24, 2.45) is 17.8 Å². The number of anilines is 2. The quantitative estimate of drug-likeness (QED) is 0.413. The standard InChI is InChI=1S/C26H23F3N2O4/c1-35-22-10-15(12-30-23(22)24(32)18-11-19(18)25(33)34)31(13-14-6-7-14)21-9-8-20(26(27,28)29)16-4-2-3-5-17(16)21/h2-5,8-10,12,14,18-19H,6-7,11,13H2,1H3,(H,33,34). The van der Waals surface area contributed by atoms with Crippen LogP contribution in [0.5, 0.6) is 5.75 Å². The third-order valence-corrected chi connectivity index (χ3v) is 6.68. The van der Waals surface area contributed by atoms with Gasteiger partial charge in [0.15, 0.2) is 5.78 Å². The Labute approximate surface area is 199 Å². The fraction of sp³-hybridized carbons (Fsp3) is 0.346. The third kappa shape index (κ3) is 4.42. The molecule has 1 N–H and O–H groups in total. The van der Waals surface area contributed by atoms with Crippen LogP contribution in [-0.2, 0) is 11.0 Å². The summed E-state index contributed by atoms with van der Waals surface area (Å²) in [7, 11) is 1.40. The number of benzene rings is 2. The molecule has 1 aromatic heterocycles. The number of carbonyl (C=O) groups is 2. The van der Waals surface area contributed by atoms with Gasteiger partial charge in [-0.15, -0.1) is 0 Å². The second kappa shape index (κ2) is 8.55. The Hall–Kier alpha value is -3.62. The van der Waals surface area contributed by atoms with Crippen LogP contribution >= 0.6 is 0 Å². The molecule has 2 aliphatic carbocycles. The van der Waals surface area contributed by atoms with E-state index in [4.69, 9.17) is 9.84 Å². The van der Waals surface area contributed by atoms with Crippen molar-refractivity contribution in [2.45, 2.75) is 25.4 Å². The summed E-state index contributed by atoms with van der Waals surface area (Å²) in [5.74, 6) is -2.12. The number of Topliss-reactive ketones (excluding diaryl/α,β-unsaturated/α-hetero) is 1. The number of alkyl halides is 3. The lowest BCUT2D eigenvalue weighted by Gasteiger charge is -2.27. The number of carboxylic acids is 1. The highest BCUT2D eigenvalue weighted by Crippen LogP contribution is 2.45. The number of fused-ring (bicyclic) bond motifs is 1. The van der Waals surface area contributed by atoms with E-state index in [0.717, 1.165) is 18.9 Å². The number of pyridine rings is 1. The third-order valence-electron chi connectivity index (χ3n) is 6.68. The number of carboxylic acid groups (broad SMARTS) is 1. The average Bonchev–Trinajstić information content (AvgIpc) is 3.75. The zero-order valence-electron chi connectivity index (χ0n) is 18.9. The minimum absolute atomic E-state index is 0.0636. The molecule has 2 saturated carbocycles. The molecule has 0 saturated heterocycles. The van der Waals surface area contributed by atoms with Gasteiger partial charge in [0.25, 0.3) is 0 Å². The first-order chi connectivity index (χ1) is 16.7. The molecule has 0 aliphatic heterocycles. The maximum atomic E-state index is 13.7. The zero-order chi connectivity index (χ0) is 24.9. The highest BCUT2D eigenvalue weighted by atomic mass is 19.4. The van der Waals surface area contributed by atoms with Crippen molar-refractivity contribution in [3.8, 4) is 5.75 Å². The van der Waals surface area contributed by atoms with Gasteiger partial charge in [0.2, 0.25) is 0 Å². The predicted octanol–water partition coefficient (Wildman–Crippen LogP) is 5.71. The van der Waals surface area contributed by atoms with E-state index in [9.17, 15) is 22.8 Å². The molecule has 3 aromatic rings. The summed E-state index contributed by atoms with van der Waals surface area (Å²) in [4.78, 5) is 30.2. The number of hydrogen-bond donors (Lipinski definition) is 1. The van der Waals surface area contributed by atoms with Gasteiger partial charge in [0.1, 0.15) is 11.4 Å². The monoisotopic (exact) mass is 484 g/mol. The molecule has 0 spiro atoms. The van der Waals surface area contributed by atoms with E-state index in [2.05, 4.69) is 4.98 Å². The summed E-state index contributed by atoms with van der Waals surface area (Å²) >= 11 is 0. The van der Waals surface area contributed by atoms with Gasteiger partial charge in [0.05, 0.1) is 30.5 Å². The van der Waals surface area contributed by atoms with Gasteiger partial charge < -0.3 is 14.7 Å². The Morgan fingerprint density at radius 2 is 1.83 bits per heavy atom. The zero-order valence-corrected chi connectivity index (χ0v) is 18.9. The lowest BCUT2D eigenvalue weighted by molar-refractivity contribution is -0.139. The van der Waals surface area contributed by atoms with E-state index in [1.807, 2.05) is 4.90 Å². The van der Waals surface area contributed by atoms with Crippen LogP contribution in [0, 0.1) is 17.8 Å². The predicted molar refractivity (Wildman–Crippen MR) is 123 cm³/mol. The van der Waals surface area contributed by atoms with Crippen LogP contribution in [0.3, 0.4) is 0 Å². The molecule has 182 valence electrons. The van der Waals surface area contributed by atoms with Gasteiger partial charge in [-0.1, -0.05) is 24.3 Å². The topological polar surface area (TPSA) is 79.7 Å². The SMILES string of the molecule is COc1cc(N(CC2CC2)c2ccc(C(F)(F)F)c3ccccc23)cnc1C(=O)C1CC1C(=O)O. The summed E-state index contributed by atoms with van der Waals surface area (Å²) in [5, 5.41) is 9.73. The van der Waals surface area contributed by atoms with Gasteiger partial charge >= 0.3 is 12.1 Å². The molecule has 0 amide bonds. The van der Waals surface area contributed by atoms with Gasteiger partial charge in [0, 0.05) is 29.6 Å². The van der Waals surface area contributed by atoms with Crippen molar-refractivity contribution >= 4 is 33.9 Å². The summed E-state index contributed by atoms with van der Waals surface area (Å²) in [6.07, 6.45) is -0.666. The molecule has 6 nitrogen and oxygen atoms in total. The largest absolute Gasteiger partial charge is 0.494 e. The molecule has 2 aliphatic rings. The van der Waals surface area contributed by atoms with Crippen LogP contribution in [0.25, 0.3) is 10.8 Å².